The molecule has 1 aromatic heterocycles. The predicted molar refractivity (Wildman–Crippen MR) is 107 cm³/mol. The molecule has 0 saturated carbocycles. The van der Waals surface area contributed by atoms with Crippen LogP contribution in [0.2, 0.25) is 0 Å². The summed E-state index contributed by atoms with van der Waals surface area (Å²) in [6, 6.07) is 12.5. The number of benzene rings is 1. The van der Waals surface area contributed by atoms with Crippen molar-refractivity contribution in [2.24, 2.45) is 9.98 Å². The van der Waals surface area contributed by atoms with Gasteiger partial charge in [0.15, 0.2) is 0 Å². The first kappa shape index (κ1) is 20.0. The van der Waals surface area contributed by atoms with Crippen LogP contribution in [-0.4, -0.2) is 35.5 Å². The second-order valence-electron chi connectivity index (χ2n) is 5.37. The number of pyridine rings is 1. The maximum Gasteiger partial charge on any atom is 0.239 e. The monoisotopic (exact) mass is 381 g/mol. The summed E-state index contributed by atoms with van der Waals surface area (Å²) in [5.74, 6) is 0.171. The molecule has 0 radical (unpaired) electrons. The lowest BCUT2D eigenvalue weighted by Crippen LogP contribution is -2.32. The van der Waals surface area contributed by atoms with Crippen molar-refractivity contribution in [2.75, 3.05) is 5.75 Å². The van der Waals surface area contributed by atoms with Crippen molar-refractivity contribution < 1.29 is 8.42 Å². The van der Waals surface area contributed by atoms with Crippen molar-refractivity contribution in [3.05, 3.63) is 66.6 Å². The zero-order chi connectivity index (χ0) is 19.7. The Labute approximate surface area is 159 Å². The van der Waals surface area contributed by atoms with Crippen molar-refractivity contribution in [1.82, 2.24) is 9.29 Å². The number of sulfonamides is 1. The van der Waals surface area contributed by atoms with E-state index in [2.05, 4.69) is 15.0 Å². The highest BCUT2D eigenvalue weighted by Crippen LogP contribution is 2.18. The number of rotatable bonds is 6. The molecule has 0 aliphatic heterocycles. The fourth-order valence-corrected chi connectivity index (χ4v) is 3.20. The summed E-state index contributed by atoms with van der Waals surface area (Å²) in [6.45, 7) is 3.17. The van der Waals surface area contributed by atoms with Crippen LogP contribution < -0.4 is 0 Å². The highest BCUT2D eigenvalue weighted by Gasteiger charge is 2.20. The van der Waals surface area contributed by atoms with Gasteiger partial charge in [-0.05, 0) is 43.7 Å². The van der Waals surface area contributed by atoms with Gasteiger partial charge in [-0.25, -0.2) is 17.7 Å². The van der Waals surface area contributed by atoms with Crippen molar-refractivity contribution in [3.8, 4) is 6.19 Å². The molecule has 0 amide bonds. The Balaban J connectivity index is 2.58. The molecule has 8 heteroatoms. The zero-order valence-electron chi connectivity index (χ0n) is 15.0. The molecule has 0 unspecified atom stereocenters. The van der Waals surface area contributed by atoms with Crippen molar-refractivity contribution in [2.45, 2.75) is 13.8 Å². The van der Waals surface area contributed by atoms with Gasteiger partial charge in [0.25, 0.3) is 0 Å². The lowest BCUT2D eigenvalue weighted by molar-refractivity contribution is 0.564. The van der Waals surface area contributed by atoms with Gasteiger partial charge in [0.1, 0.15) is 5.84 Å². The smallest absolute Gasteiger partial charge is 0.239 e. The number of nitriles is 1. The molecule has 2 aromatic rings. The molecule has 1 aromatic carbocycles. The molecular formula is C19H19N5O2S. The second kappa shape index (κ2) is 9.40. The third-order valence-corrected chi connectivity index (χ3v) is 5.26. The van der Waals surface area contributed by atoms with Gasteiger partial charge in [-0.1, -0.05) is 18.2 Å². The predicted octanol–water partition coefficient (Wildman–Crippen LogP) is 3.38. The van der Waals surface area contributed by atoms with Crippen LogP contribution in [0.25, 0.3) is 5.57 Å². The number of aromatic nitrogens is 1. The summed E-state index contributed by atoms with van der Waals surface area (Å²) < 4.78 is 26.4. The average molecular weight is 381 g/mol. The van der Waals surface area contributed by atoms with Crippen LogP contribution in [0.5, 0.6) is 0 Å². The van der Waals surface area contributed by atoms with E-state index in [1.807, 2.05) is 18.2 Å². The molecule has 0 N–H and O–H groups in total. The molecule has 0 atom stereocenters. The summed E-state index contributed by atoms with van der Waals surface area (Å²) >= 11 is 0. The van der Waals surface area contributed by atoms with Crippen LogP contribution in [-0.2, 0) is 10.0 Å². The van der Waals surface area contributed by atoms with E-state index in [1.165, 1.54) is 12.4 Å². The van der Waals surface area contributed by atoms with Crippen molar-refractivity contribution in [3.63, 3.8) is 0 Å². The number of aliphatic imine (C=N–C) groups is 2. The van der Waals surface area contributed by atoms with Crippen LogP contribution in [0.15, 0.2) is 71.0 Å². The molecular weight excluding hydrogens is 362 g/mol. The fourth-order valence-electron chi connectivity index (χ4n) is 2.20. The molecule has 0 saturated heterocycles. The lowest BCUT2D eigenvalue weighted by atomic mass is 10.1. The normalized spacial score (nSPS) is 12.8. The number of hydrogen-bond acceptors (Lipinski definition) is 6. The Bertz CT molecular complexity index is 991. The van der Waals surface area contributed by atoms with Gasteiger partial charge in [0.05, 0.1) is 11.4 Å². The van der Waals surface area contributed by atoms with E-state index in [0.29, 0.717) is 16.8 Å². The Morgan fingerprint density at radius 1 is 1.22 bits per heavy atom. The maximum absolute atomic E-state index is 12.7. The molecule has 7 nitrogen and oxygen atoms in total. The van der Waals surface area contributed by atoms with Gasteiger partial charge in [0, 0.05) is 30.4 Å². The van der Waals surface area contributed by atoms with E-state index >= 15 is 0 Å². The zero-order valence-corrected chi connectivity index (χ0v) is 15.8. The highest BCUT2D eigenvalue weighted by molar-refractivity contribution is 7.89. The van der Waals surface area contributed by atoms with E-state index in [0.717, 1.165) is 4.31 Å². The SMILES string of the molecule is CCS(=O)(=O)N(/C=C(\C=N\C#N)c1ccncc1)/C(C)=N\c1ccccc1. The number of amidine groups is 1. The first-order valence-corrected chi connectivity index (χ1v) is 9.75. The minimum atomic E-state index is -3.64. The van der Waals surface area contributed by atoms with E-state index in [-0.39, 0.29) is 11.6 Å². The van der Waals surface area contributed by atoms with Crippen molar-refractivity contribution >= 4 is 33.3 Å². The summed E-state index contributed by atoms with van der Waals surface area (Å²) in [5, 5.41) is 8.76. The van der Waals surface area contributed by atoms with Crippen LogP contribution >= 0.6 is 0 Å². The molecule has 0 bridgehead atoms. The second-order valence-corrected chi connectivity index (χ2v) is 7.50. The molecule has 2 rings (SSSR count). The van der Waals surface area contributed by atoms with E-state index in [9.17, 15) is 8.42 Å². The Morgan fingerprint density at radius 2 is 1.89 bits per heavy atom. The summed E-state index contributed by atoms with van der Waals surface area (Å²) in [7, 11) is -3.64. The first-order valence-electron chi connectivity index (χ1n) is 8.14. The summed E-state index contributed by atoms with van der Waals surface area (Å²) in [6.07, 6.45) is 7.55. The van der Waals surface area contributed by atoms with Crippen molar-refractivity contribution in [1.29, 1.82) is 5.26 Å². The average Bonchev–Trinajstić information content (AvgIpc) is 2.69. The van der Waals surface area contributed by atoms with Gasteiger partial charge in [-0.15, -0.1) is 0 Å². The standard InChI is InChI=1S/C19H19N5O2S/c1-3-27(25,26)24(16(2)23-19-7-5-4-6-8-19)14-18(13-22-15-20)17-9-11-21-12-10-17/h4-14H,3H2,1-2H3/b18-14+,22-13+,23-16-. The third-order valence-electron chi connectivity index (χ3n) is 3.56. The largest absolute Gasteiger partial charge is 0.265 e. The van der Waals surface area contributed by atoms with Crippen LogP contribution in [0, 0.1) is 11.5 Å². The molecule has 27 heavy (non-hydrogen) atoms. The van der Waals surface area contributed by atoms with Gasteiger partial charge < -0.3 is 0 Å². The number of allylic oxidation sites excluding steroid dienone is 1. The van der Waals surface area contributed by atoms with E-state index in [4.69, 9.17) is 5.26 Å². The summed E-state index contributed by atoms with van der Waals surface area (Å²) in [4.78, 5) is 11.9. The third kappa shape index (κ3) is 5.59. The highest BCUT2D eigenvalue weighted by atomic mass is 32.2. The fraction of sp³-hybridized carbons (Fsp3) is 0.158. The molecule has 138 valence electrons. The maximum atomic E-state index is 12.7. The Morgan fingerprint density at radius 3 is 2.48 bits per heavy atom. The summed E-state index contributed by atoms with van der Waals surface area (Å²) in [5.41, 5.74) is 1.75. The molecule has 0 fully saturated rings. The van der Waals surface area contributed by atoms with E-state index < -0.39 is 10.0 Å². The topological polar surface area (TPSA) is 98.8 Å². The molecule has 0 aliphatic rings. The van der Waals surface area contributed by atoms with Gasteiger partial charge in [-0.3, -0.25) is 4.98 Å². The van der Waals surface area contributed by atoms with Crippen LogP contribution in [0.4, 0.5) is 5.69 Å². The molecule has 1 heterocycles. The minimum absolute atomic E-state index is 0.107. The van der Waals surface area contributed by atoms with Gasteiger partial charge >= 0.3 is 0 Å². The molecule has 0 aliphatic carbocycles. The number of para-hydroxylation sites is 1. The molecule has 0 spiro atoms. The number of hydrogen-bond donors (Lipinski definition) is 0. The van der Waals surface area contributed by atoms with Gasteiger partial charge in [-0.2, -0.15) is 10.3 Å². The Hall–Kier alpha value is -3.31. The Kier molecular flexibility index (Phi) is 6.97. The number of nitrogens with zero attached hydrogens (tertiary/aromatic N) is 5. The minimum Gasteiger partial charge on any atom is -0.265 e. The lowest BCUT2D eigenvalue weighted by Gasteiger charge is -2.20. The quantitative estimate of drug-likeness (QED) is 0.435. The van der Waals surface area contributed by atoms with E-state index in [1.54, 1.807) is 56.7 Å². The first-order chi connectivity index (χ1) is 13.0. The van der Waals surface area contributed by atoms with Crippen LogP contribution in [0.1, 0.15) is 19.4 Å². The van der Waals surface area contributed by atoms with Gasteiger partial charge in [0.2, 0.25) is 16.2 Å². The van der Waals surface area contributed by atoms with Crippen LogP contribution in [0.3, 0.4) is 0 Å².